The zero-order valence-corrected chi connectivity index (χ0v) is 12.1. The maximum absolute atomic E-state index is 12.2. The fourth-order valence-corrected chi connectivity index (χ4v) is 2.42. The lowest BCUT2D eigenvalue weighted by atomic mass is 10.2. The van der Waals surface area contributed by atoms with Gasteiger partial charge < -0.3 is 4.90 Å². The van der Waals surface area contributed by atoms with Gasteiger partial charge in [-0.25, -0.2) is 0 Å². The summed E-state index contributed by atoms with van der Waals surface area (Å²) in [7, 11) is 0. The van der Waals surface area contributed by atoms with Crippen molar-refractivity contribution in [1.29, 1.82) is 0 Å². The molecule has 0 atom stereocenters. The van der Waals surface area contributed by atoms with E-state index in [1.807, 2.05) is 6.92 Å². The first-order chi connectivity index (χ1) is 8.08. The van der Waals surface area contributed by atoms with Crippen molar-refractivity contribution in [3.05, 3.63) is 45.9 Å². The molecule has 0 unspecified atom stereocenters. The molecule has 0 aliphatic heterocycles. The smallest absolute Gasteiger partial charge is 0.254 e. The molecule has 0 aliphatic rings. The summed E-state index contributed by atoms with van der Waals surface area (Å²) in [6, 6.07) is 5.22. The van der Waals surface area contributed by atoms with Crippen molar-refractivity contribution >= 4 is 33.4 Å². The van der Waals surface area contributed by atoms with Gasteiger partial charge in [-0.3, -0.25) is 4.79 Å². The van der Waals surface area contributed by atoms with E-state index < -0.39 is 0 Å². The Hall–Kier alpha value is -0.800. The molecule has 1 amide bonds. The van der Waals surface area contributed by atoms with Crippen LogP contribution in [0.4, 0.5) is 0 Å². The summed E-state index contributed by atoms with van der Waals surface area (Å²) >= 11 is 9.27. The summed E-state index contributed by atoms with van der Waals surface area (Å²) in [6.07, 6.45) is 2.65. The highest BCUT2D eigenvalue weighted by Gasteiger charge is 2.14. The molecule has 1 aromatic rings. The summed E-state index contributed by atoms with van der Waals surface area (Å²) in [5, 5.41) is 0.553. The average molecular weight is 317 g/mol. The lowest BCUT2D eigenvalue weighted by molar-refractivity contribution is 0.0774. The highest BCUT2D eigenvalue weighted by molar-refractivity contribution is 9.10. The number of hydrogen-bond acceptors (Lipinski definition) is 1. The molecule has 2 nitrogen and oxygen atoms in total. The van der Waals surface area contributed by atoms with Crippen molar-refractivity contribution in [3.8, 4) is 0 Å². The number of nitrogens with zero attached hydrogens (tertiary/aromatic N) is 1. The minimum Gasteiger partial charge on any atom is -0.335 e. The Balaban J connectivity index is 2.95. The minimum atomic E-state index is -0.0186. The van der Waals surface area contributed by atoms with Gasteiger partial charge in [0.2, 0.25) is 0 Å². The molecule has 0 saturated carbocycles. The zero-order valence-electron chi connectivity index (χ0n) is 9.75. The van der Waals surface area contributed by atoms with Gasteiger partial charge >= 0.3 is 0 Å². The molecule has 0 saturated heterocycles. The van der Waals surface area contributed by atoms with Gasteiger partial charge in [0.15, 0.2) is 0 Å². The Morgan fingerprint density at radius 3 is 2.76 bits per heavy atom. The number of carbonyl (C=O) groups excluding carboxylic acids is 1. The average Bonchev–Trinajstić information content (AvgIpc) is 2.26. The molecule has 0 bridgehead atoms. The van der Waals surface area contributed by atoms with Crippen LogP contribution in [-0.2, 0) is 0 Å². The highest BCUT2D eigenvalue weighted by atomic mass is 79.9. The monoisotopic (exact) mass is 315 g/mol. The van der Waals surface area contributed by atoms with Crippen molar-refractivity contribution in [2.24, 2.45) is 0 Å². The molecule has 1 aromatic carbocycles. The molecule has 92 valence electrons. The van der Waals surface area contributed by atoms with E-state index in [1.54, 1.807) is 29.2 Å². The van der Waals surface area contributed by atoms with Crippen LogP contribution in [0.25, 0.3) is 0 Å². The van der Waals surface area contributed by atoms with Crippen molar-refractivity contribution in [2.75, 3.05) is 13.1 Å². The van der Waals surface area contributed by atoms with Gasteiger partial charge in [0.25, 0.3) is 5.91 Å². The number of halogens is 2. The van der Waals surface area contributed by atoms with E-state index in [9.17, 15) is 4.79 Å². The Morgan fingerprint density at radius 2 is 2.24 bits per heavy atom. The summed E-state index contributed by atoms with van der Waals surface area (Å²) in [5.74, 6) is -0.0186. The number of hydrogen-bond donors (Lipinski definition) is 0. The number of rotatable bonds is 5. The van der Waals surface area contributed by atoms with Gasteiger partial charge in [0.1, 0.15) is 0 Å². The Bertz CT molecular complexity index is 400. The fraction of sp³-hybridized carbons (Fsp3) is 0.308. The van der Waals surface area contributed by atoms with Crippen LogP contribution in [0.15, 0.2) is 35.3 Å². The van der Waals surface area contributed by atoms with E-state index in [1.165, 1.54) is 0 Å². The molecule has 17 heavy (non-hydrogen) atoms. The first-order valence-electron chi connectivity index (χ1n) is 5.44. The van der Waals surface area contributed by atoms with Crippen molar-refractivity contribution in [1.82, 2.24) is 4.90 Å². The summed E-state index contributed by atoms with van der Waals surface area (Å²) in [4.78, 5) is 14.0. The van der Waals surface area contributed by atoms with Gasteiger partial charge in [-0.05, 0) is 24.6 Å². The quantitative estimate of drug-likeness (QED) is 0.748. The third-order valence-corrected chi connectivity index (χ3v) is 2.92. The molecule has 0 N–H and O–H groups in total. The Morgan fingerprint density at radius 1 is 1.53 bits per heavy atom. The van der Waals surface area contributed by atoms with Crippen LogP contribution < -0.4 is 0 Å². The first-order valence-corrected chi connectivity index (χ1v) is 6.61. The van der Waals surface area contributed by atoms with Crippen LogP contribution in [-0.4, -0.2) is 23.9 Å². The predicted molar refractivity (Wildman–Crippen MR) is 75.5 cm³/mol. The van der Waals surface area contributed by atoms with Gasteiger partial charge in [-0.2, -0.15) is 0 Å². The van der Waals surface area contributed by atoms with E-state index in [0.29, 0.717) is 17.1 Å². The third kappa shape index (κ3) is 4.17. The molecule has 0 aliphatic carbocycles. The van der Waals surface area contributed by atoms with E-state index in [0.717, 1.165) is 17.4 Å². The normalized spacial score (nSPS) is 10.1. The molecule has 0 heterocycles. The molecular weight excluding hydrogens is 302 g/mol. The van der Waals surface area contributed by atoms with E-state index in [4.69, 9.17) is 11.6 Å². The van der Waals surface area contributed by atoms with E-state index in [2.05, 4.69) is 22.5 Å². The van der Waals surface area contributed by atoms with Gasteiger partial charge in [0, 0.05) is 28.1 Å². The minimum absolute atomic E-state index is 0.0186. The third-order valence-electron chi connectivity index (χ3n) is 2.24. The van der Waals surface area contributed by atoms with E-state index in [-0.39, 0.29) is 5.91 Å². The topological polar surface area (TPSA) is 20.3 Å². The lowest BCUT2D eigenvalue weighted by Gasteiger charge is -2.20. The molecule has 4 heteroatoms. The van der Waals surface area contributed by atoms with Crippen molar-refractivity contribution in [2.45, 2.75) is 13.3 Å². The second-order valence-electron chi connectivity index (χ2n) is 3.70. The SMILES string of the molecule is C=CCN(CCC)C(=O)c1cc(Cl)cc(Br)c1. The first kappa shape index (κ1) is 14.3. The second-order valence-corrected chi connectivity index (χ2v) is 5.05. The number of carbonyl (C=O) groups is 1. The summed E-state index contributed by atoms with van der Waals surface area (Å²) < 4.78 is 0.809. The molecule has 0 fully saturated rings. The Kier molecular flexibility index (Phi) is 5.72. The maximum atomic E-state index is 12.2. The standard InChI is InChI=1S/C13H15BrClNO/c1-3-5-16(6-4-2)13(17)10-7-11(14)9-12(15)8-10/h3,7-9H,1,4-6H2,2H3. The predicted octanol–water partition coefficient (Wildman–Crippen LogP) is 4.14. The number of amides is 1. The summed E-state index contributed by atoms with van der Waals surface area (Å²) in [6.45, 7) is 6.97. The summed E-state index contributed by atoms with van der Waals surface area (Å²) in [5.41, 5.74) is 0.597. The van der Waals surface area contributed by atoms with Crippen LogP contribution in [0.2, 0.25) is 5.02 Å². The van der Waals surface area contributed by atoms with Crippen LogP contribution in [0.1, 0.15) is 23.7 Å². The van der Waals surface area contributed by atoms with E-state index >= 15 is 0 Å². The molecule has 0 spiro atoms. The number of benzene rings is 1. The largest absolute Gasteiger partial charge is 0.335 e. The molecule has 0 radical (unpaired) electrons. The Labute approximate surface area is 115 Å². The highest BCUT2D eigenvalue weighted by Crippen LogP contribution is 2.20. The molecular formula is C13H15BrClNO. The molecule has 0 aromatic heterocycles. The van der Waals surface area contributed by atoms with Gasteiger partial charge in [-0.1, -0.05) is 40.5 Å². The van der Waals surface area contributed by atoms with Crippen LogP contribution >= 0.6 is 27.5 Å². The van der Waals surface area contributed by atoms with Gasteiger partial charge in [-0.15, -0.1) is 6.58 Å². The van der Waals surface area contributed by atoms with Crippen LogP contribution in [0, 0.1) is 0 Å². The van der Waals surface area contributed by atoms with Crippen molar-refractivity contribution in [3.63, 3.8) is 0 Å². The fourth-order valence-electron chi connectivity index (χ4n) is 1.56. The molecule has 1 rings (SSSR count). The van der Waals surface area contributed by atoms with Crippen LogP contribution in [0.3, 0.4) is 0 Å². The van der Waals surface area contributed by atoms with Crippen molar-refractivity contribution < 1.29 is 4.79 Å². The zero-order chi connectivity index (χ0) is 12.8. The lowest BCUT2D eigenvalue weighted by Crippen LogP contribution is -2.31. The second kappa shape index (κ2) is 6.82. The van der Waals surface area contributed by atoms with Crippen LogP contribution in [0.5, 0.6) is 0 Å². The maximum Gasteiger partial charge on any atom is 0.254 e. The van der Waals surface area contributed by atoms with Gasteiger partial charge in [0.05, 0.1) is 0 Å².